The molecule has 0 unspecified atom stereocenters. The van der Waals surface area contributed by atoms with Crippen LogP contribution in [0.2, 0.25) is 5.02 Å². The van der Waals surface area contributed by atoms with E-state index in [9.17, 15) is 27.6 Å². The molecule has 16 heteroatoms. The van der Waals surface area contributed by atoms with Crippen molar-refractivity contribution in [2.45, 2.75) is 65.4 Å². The maximum absolute atomic E-state index is 14.1. The van der Waals surface area contributed by atoms with Crippen LogP contribution in [0.4, 0.5) is 29.3 Å². The third-order valence-electron chi connectivity index (χ3n) is 7.52. The van der Waals surface area contributed by atoms with E-state index in [1.54, 1.807) is 54.8 Å². The number of hydrogen-bond donors (Lipinski definition) is 1. The Hall–Kier alpha value is -4.66. The van der Waals surface area contributed by atoms with Crippen molar-refractivity contribution < 1.29 is 27.5 Å². The molecule has 47 heavy (non-hydrogen) atoms. The maximum Gasteiger partial charge on any atom is 0.416 e. The summed E-state index contributed by atoms with van der Waals surface area (Å²) in [5.74, 6) is -0.326. The van der Waals surface area contributed by atoms with Crippen LogP contribution in [0.1, 0.15) is 45.9 Å². The average Bonchev–Trinajstić information content (AvgIpc) is 3.44. The standard InChI is InChI=1S/C31H34ClF3N8O4/c1-6-23-25(40-12-13-41(18(2)16-40)29(46)47-30(3,4)5)27(45)43-28(38-26(39-43)19-8-7-11-36-15-19)42(23)17-24(44)37-22-10-9-20(14-21(22)32)31(33,34)35/h7-11,14-15,18H,6,12-13,16-17H2,1-5H3,(H,37,44)/t18-/m1/s1. The number of benzene rings is 1. The molecule has 1 aliphatic heterocycles. The van der Waals surface area contributed by atoms with Crippen LogP contribution >= 0.6 is 11.6 Å². The van der Waals surface area contributed by atoms with E-state index in [0.717, 1.165) is 22.7 Å². The van der Waals surface area contributed by atoms with Gasteiger partial charge in [0.25, 0.3) is 5.56 Å². The number of nitrogens with one attached hydrogen (secondary N) is 1. The predicted octanol–water partition coefficient (Wildman–Crippen LogP) is 5.27. The summed E-state index contributed by atoms with van der Waals surface area (Å²) in [6, 6.07) is 5.75. The molecule has 1 fully saturated rings. The summed E-state index contributed by atoms with van der Waals surface area (Å²) in [5.41, 5.74) is -0.774. The number of ether oxygens (including phenoxy) is 1. The lowest BCUT2D eigenvalue weighted by atomic mass is 10.1. The second kappa shape index (κ2) is 12.9. The number of hydrogen-bond acceptors (Lipinski definition) is 8. The van der Waals surface area contributed by atoms with Gasteiger partial charge in [-0.05, 0) is 64.4 Å². The number of carbonyl (C=O) groups is 2. The van der Waals surface area contributed by atoms with Gasteiger partial charge < -0.3 is 24.4 Å². The SMILES string of the molecule is CCc1c(N2CCN(C(=O)OC(C)(C)C)[C@H](C)C2)c(=O)n2nc(-c3cccnc3)nc2n1CC(=O)Nc1ccc(C(F)(F)F)cc1Cl. The van der Waals surface area contributed by atoms with E-state index in [-0.39, 0.29) is 41.4 Å². The Morgan fingerprint density at radius 1 is 1.15 bits per heavy atom. The largest absolute Gasteiger partial charge is 0.444 e. The van der Waals surface area contributed by atoms with E-state index in [4.69, 9.17) is 16.3 Å². The highest BCUT2D eigenvalue weighted by Gasteiger charge is 2.34. The number of rotatable bonds is 6. The Morgan fingerprint density at radius 2 is 1.89 bits per heavy atom. The maximum atomic E-state index is 14.1. The molecule has 1 N–H and O–H groups in total. The summed E-state index contributed by atoms with van der Waals surface area (Å²) in [7, 11) is 0. The van der Waals surface area contributed by atoms with Crippen LogP contribution in [0.5, 0.6) is 0 Å². The van der Waals surface area contributed by atoms with Crippen molar-refractivity contribution in [1.29, 1.82) is 0 Å². The first-order valence-electron chi connectivity index (χ1n) is 14.9. The molecule has 0 aliphatic carbocycles. The van der Waals surface area contributed by atoms with Gasteiger partial charge in [0.05, 0.1) is 22.0 Å². The number of carbonyl (C=O) groups excluding carboxylic acids is 2. The Morgan fingerprint density at radius 3 is 2.49 bits per heavy atom. The minimum Gasteiger partial charge on any atom is -0.444 e. The van der Waals surface area contributed by atoms with E-state index in [2.05, 4.69) is 20.4 Å². The molecule has 0 bridgehead atoms. The number of fused-ring (bicyclic) bond motifs is 1. The Balaban J connectivity index is 1.55. The topological polar surface area (TPSA) is 127 Å². The molecule has 0 radical (unpaired) electrons. The molecule has 1 aliphatic rings. The number of nitrogens with zero attached hydrogens (tertiary/aromatic N) is 7. The van der Waals surface area contributed by atoms with E-state index in [1.165, 1.54) is 0 Å². The smallest absolute Gasteiger partial charge is 0.416 e. The van der Waals surface area contributed by atoms with E-state index < -0.39 is 34.9 Å². The Kier molecular flexibility index (Phi) is 9.22. The number of aromatic nitrogens is 5. The number of pyridine rings is 1. The Bertz CT molecular complexity index is 1870. The summed E-state index contributed by atoms with van der Waals surface area (Å²) in [4.78, 5) is 52.6. The number of anilines is 2. The summed E-state index contributed by atoms with van der Waals surface area (Å²) >= 11 is 6.10. The molecule has 1 saturated heterocycles. The van der Waals surface area contributed by atoms with Gasteiger partial charge in [0.2, 0.25) is 11.7 Å². The highest BCUT2D eigenvalue weighted by Crippen LogP contribution is 2.34. The van der Waals surface area contributed by atoms with Gasteiger partial charge in [0, 0.05) is 43.6 Å². The van der Waals surface area contributed by atoms with Crippen LogP contribution < -0.4 is 15.8 Å². The molecule has 12 nitrogen and oxygen atoms in total. The molecule has 1 atom stereocenters. The molecule has 4 aromatic rings. The second-order valence-corrected chi connectivity index (χ2v) is 12.5. The predicted molar refractivity (Wildman–Crippen MR) is 170 cm³/mol. The third kappa shape index (κ3) is 7.19. The molecule has 5 rings (SSSR count). The quantitative estimate of drug-likeness (QED) is 0.293. The highest BCUT2D eigenvalue weighted by molar-refractivity contribution is 6.33. The van der Waals surface area contributed by atoms with Gasteiger partial charge in [-0.25, -0.2) is 4.79 Å². The van der Waals surface area contributed by atoms with Crippen LogP contribution in [-0.2, 0) is 28.7 Å². The second-order valence-electron chi connectivity index (χ2n) is 12.1. The molecule has 0 saturated carbocycles. The van der Waals surface area contributed by atoms with Crippen molar-refractivity contribution in [2.75, 3.05) is 29.9 Å². The van der Waals surface area contributed by atoms with Crippen molar-refractivity contribution in [3.63, 3.8) is 0 Å². The van der Waals surface area contributed by atoms with Crippen molar-refractivity contribution in [3.8, 4) is 11.4 Å². The van der Waals surface area contributed by atoms with Gasteiger partial charge in [-0.2, -0.15) is 22.7 Å². The van der Waals surface area contributed by atoms with Gasteiger partial charge in [0.15, 0.2) is 5.82 Å². The highest BCUT2D eigenvalue weighted by atomic mass is 35.5. The van der Waals surface area contributed by atoms with Crippen molar-refractivity contribution in [3.05, 3.63) is 69.4 Å². The summed E-state index contributed by atoms with van der Waals surface area (Å²) in [5, 5.41) is 6.76. The van der Waals surface area contributed by atoms with Crippen molar-refractivity contribution >= 4 is 40.8 Å². The van der Waals surface area contributed by atoms with Crippen LogP contribution in [0.25, 0.3) is 17.2 Å². The first kappa shape index (κ1) is 33.7. The van der Waals surface area contributed by atoms with Gasteiger partial charge in [-0.3, -0.25) is 14.6 Å². The first-order valence-corrected chi connectivity index (χ1v) is 15.3. The minimum atomic E-state index is -4.60. The lowest BCUT2D eigenvalue weighted by Gasteiger charge is -2.41. The van der Waals surface area contributed by atoms with E-state index in [0.29, 0.717) is 36.5 Å². The number of piperazine rings is 1. The van der Waals surface area contributed by atoms with Crippen LogP contribution in [0.3, 0.4) is 0 Å². The molecule has 1 aromatic carbocycles. The van der Waals surface area contributed by atoms with Crippen molar-refractivity contribution in [2.24, 2.45) is 0 Å². The number of halogens is 4. The average molecular weight is 675 g/mol. The Labute approximate surface area is 273 Å². The third-order valence-corrected chi connectivity index (χ3v) is 7.84. The zero-order valence-electron chi connectivity index (χ0n) is 26.4. The van der Waals surface area contributed by atoms with Gasteiger partial charge >= 0.3 is 12.3 Å². The minimum absolute atomic E-state index is 0.00962. The summed E-state index contributed by atoms with van der Waals surface area (Å²) < 4.78 is 47.7. The molecule has 250 valence electrons. The fourth-order valence-corrected chi connectivity index (χ4v) is 5.65. The lowest BCUT2D eigenvalue weighted by molar-refractivity contribution is -0.137. The molecule has 2 amide bonds. The summed E-state index contributed by atoms with van der Waals surface area (Å²) in [6.07, 6.45) is -1.62. The summed E-state index contributed by atoms with van der Waals surface area (Å²) in [6.45, 7) is 9.56. The molecule has 4 heterocycles. The lowest BCUT2D eigenvalue weighted by Crippen LogP contribution is -2.56. The molecular weight excluding hydrogens is 641 g/mol. The number of alkyl halides is 3. The monoisotopic (exact) mass is 674 g/mol. The van der Waals surface area contributed by atoms with Crippen LogP contribution in [0, 0.1) is 0 Å². The molecule has 3 aromatic heterocycles. The first-order chi connectivity index (χ1) is 22.1. The van der Waals surface area contributed by atoms with E-state index in [1.807, 2.05) is 18.7 Å². The zero-order chi connectivity index (χ0) is 34.3. The van der Waals surface area contributed by atoms with E-state index >= 15 is 0 Å². The van der Waals surface area contributed by atoms with Crippen molar-refractivity contribution in [1.82, 2.24) is 29.0 Å². The number of amides is 2. The molecular formula is C31H34ClF3N8O4. The fraction of sp³-hybridized carbons (Fsp3) is 0.419. The van der Waals surface area contributed by atoms with Crippen LogP contribution in [-0.4, -0.2) is 72.3 Å². The molecule has 0 spiro atoms. The van der Waals surface area contributed by atoms with Gasteiger partial charge in [-0.15, -0.1) is 5.10 Å². The van der Waals surface area contributed by atoms with Crippen LogP contribution in [0.15, 0.2) is 47.5 Å². The van der Waals surface area contributed by atoms with Gasteiger partial charge in [-0.1, -0.05) is 18.5 Å². The normalized spacial score (nSPS) is 15.6. The zero-order valence-corrected chi connectivity index (χ0v) is 27.2. The van der Waals surface area contributed by atoms with Gasteiger partial charge in [0.1, 0.15) is 17.8 Å². The fourth-order valence-electron chi connectivity index (χ4n) is 5.43.